The van der Waals surface area contributed by atoms with Gasteiger partial charge in [-0.1, -0.05) is 17.7 Å². The second-order valence-electron chi connectivity index (χ2n) is 5.44. The van der Waals surface area contributed by atoms with Crippen LogP contribution in [0.1, 0.15) is 16.7 Å². The van der Waals surface area contributed by atoms with Gasteiger partial charge in [-0.2, -0.15) is 5.10 Å². The number of aryl methyl sites for hydroxylation is 2. The molecule has 2 rings (SSSR count). The number of ether oxygens (including phenoxy) is 1. The highest BCUT2D eigenvalue weighted by Crippen LogP contribution is 2.19. The maximum atomic E-state index is 5.41. The minimum Gasteiger partial charge on any atom is -0.496 e. The number of halogens is 1. The van der Waals surface area contributed by atoms with E-state index in [1.54, 1.807) is 18.8 Å². The van der Waals surface area contributed by atoms with Gasteiger partial charge in [0, 0.05) is 38.9 Å². The Kier molecular flexibility index (Phi) is 8.59. The molecule has 1 aromatic heterocycles. The smallest absolute Gasteiger partial charge is 0.191 e. The Morgan fingerprint density at radius 2 is 2.12 bits per heavy atom. The molecule has 0 spiro atoms. The summed E-state index contributed by atoms with van der Waals surface area (Å²) in [6.07, 6.45) is 4.70. The number of nitrogens with zero attached hydrogens (tertiary/aromatic N) is 3. The summed E-state index contributed by atoms with van der Waals surface area (Å²) in [6.45, 7) is 3.57. The van der Waals surface area contributed by atoms with Gasteiger partial charge in [0.1, 0.15) is 5.75 Å². The molecule has 24 heavy (non-hydrogen) atoms. The molecule has 1 heterocycles. The Morgan fingerprint density at radius 3 is 2.75 bits per heavy atom. The highest BCUT2D eigenvalue weighted by molar-refractivity contribution is 14.0. The number of hydrogen-bond acceptors (Lipinski definition) is 3. The van der Waals surface area contributed by atoms with Gasteiger partial charge in [-0.3, -0.25) is 9.67 Å². The highest BCUT2D eigenvalue weighted by atomic mass is 127. The third kappa shape index (κ3) is 6.03. The summed E-state index contributed by atoms with van der Waals surface area (Å²) in [7, 11) is 5.38. The molecule has 2 N–H and O–H groups in total. The summed E-state index contributed by atoms with van der Waals surface area (Å²) in [5.41, 5.74) is 3.55. The molecule has 7 heteroatoms. The van der Waals surface area contributed by atoms with Crippen LogP contribution in [0.15, 0.2) is 35.6 Å². The van der Waals surface area contributed by atoms with Gasteiger partial charge >= 0.3 is 0 Å². The first-order valence-electron chi connectivity index (χ1n) is 7.68. The van der Waals surface area contributed by atoms with E-state index in [1.807, 2.05) is 25.5 Å². The van der Waals surface area contributed by atoms with Crippen molar-refractivity contribution in [1.29, 1.82) is 0 Å². The standard InChI is InChI=1S/C17H25N5O.HI/c1-13-5-6-16(23-4)15(9-13)7-8-19-17(18-2)20-10-14-11-21-22(3)12-14;/h5-6,9,11-12H,7-8,10H2,1-4H3,(H2,18,19,20);1H. The second-order valence-corrected chi connectivity index (χ2v) is 5.44. The average molecular weight is 443 g/mol. The average Bonchev–Trinajstić information content (AvgIpc) is 2.96. The SMILES string of the molecule is CN=C(NCCc1cc(C)ccc1OC)NCc1cnn(C)c1.I. The second kappa shape index (κ2) is 10.2. The lowest BCUT2D eigenvalue weighted by molar-refractivity contribution is 0.409. The van der Waals surface area contributed by atoms with Crippen LogP contribution in [0, 0.1) is 6.92 Å². The van der Waals surface area contributed by atoms with Gasteiger partial charge in [0.25, 0.3) is 0 Å². The molecular weight excluding hydrogens is 417 g/mol. The summed E-state index contributed by atoms with van der Waals surface area (Å²) in [4.78, 5) is 4.24. The Hall–Kier alpha value is -1.77. The number of benzene rings is 1. The van der Waals surface area contributed by atoms with E-state index in [0.717, 1.165) is 30.2 Å². The summed E-state index contributed by atoms with van der Waals surface area (Å²) in [5, 5.41) is 10.8. The van der Waals surface area contributed by atoms with Crippen LogP contribution in [0.25, 0.3) is 0 Å². The van der Waals surface area contributed by atoms with Crippen LogP contribution in [-0.2, 0) is 20.0 Å². The molecule has 0 aliphatic carbocycles. The monoisotopic (exact) mass is 443 g/mol. The highest BCUT2D eigenvalue weighted by Gasteiger charge is 2.04. The van der Waals surface area contributed by atoms with Crippen molar-refractivity contribution >= 4 is 29.9 Å². The molecule has 2 aromatic rings. The number of nitrogens with one attached hydrogen (secondary N) is 2. The minimum absolute atomic E-state index is 0. The fraction of sp³-hybridized carbons (Fsp3) is 0.412. The van der Waals surface area contributed by atoms with Crippen molar-refractivity contribution in [2.45, 2.75) is 19.9 Å². The lowest BCUT2D eigenvalue weighted by atomic mass is 10.1. The fourth-order valence-corrected chi connectivity index (χ4v) is 2.39. The van der Waals surface area contributed by atoms with Crippen LogP contribution in [-0.4, -0.2) is 36.4 Å². The molecule has 0 saturated heterocycles. The van der Waals surface area contributed by atoms with Crippen LogP contribution < -0.4 is 15.4 Å². The van der Waals surface area contributed by atoms with Gasteiger partial charge in [-0.25, -0.2) is 0 Å². The van der Waals surface area contributed by atoms with Gasteiger partial charge in [0.2, 0.25) is 0 Å². The molecule has 6 nitrogen and oxygen atoms in total. The minimum atomic E-state index is 0. The van der Waals surface area contributed by atoms with Gasteiger partial charge in [-0.15, -0.1) is 24.0 Å². The number of rotatable bonds is 6. The summed E-state index contributed by atoms with van der Waals surface area (Å²) >= 11 is 0. The zero-order valence-corrected chi connectivity index (χ0v) is 17.0. The van der Waals surface area contributed by atoms with E-state index in [0.29, 0.717) is 6.54 Å². The number of methoxy groups -OCH3 is 1. The molecule has 0 radical (unpaired) electrons. The van der Waals surface area contributed by atoms with Crippen LogP contribution >= 0.6 is 24.0 Å². The molecular formula is C17H26IN5O. The normalized spacial score (nSPS) is 10.9. The molecule has 0 unspecified atom stereocenters. The summed E-state index contributed by atoms with van der Waals surface area (Å²) < 4.78 is 7.20. The molecule has 0 atom stereocenters. The Balaban J connectivity index is 0.00000288. The van der Waals surface area contributed by atoms with Crippen LogP contribution in [0.4, 0.5) is 0 Å². The molecule has 0 saturated carbocycles. The van der Waals surface area contributed by atoms with Gasteiger partial charge in [0.15, 0.2) is 5.96 Å². The predicted octanol–water partition coefficient (Wildman–Crippen LogP) is 2.26. The zero-order valence-electron chi connectivity index (χ0n) is 14.7. The summed E-state index contributed by atoms with van der Waals surface area (Å²) in [5.74, 6) is 1.70. The van der Waals surface area contributed by atoms with Gasteiger partial charge < -0.3 is 15.4 Å². The Bertz CT molecular complexity index is 669. The van der Waals surface area contributed by atoms with Crippen molar-refractivity contribution < 1.29 is 4.74 Å². The van der Waals surface area contributed by atoms with Crippen LogP contribution in [0.3, 0.4) is 0 Å². The molecule has 0 amide bonds. The van der Waals surface area contributed by atoms with Crippen molar-refractivity contribution in [3.8, 4) is 5.75 Å². The van der Waals surface area contributed by atoms with Gasteiger partial charge in [-0.05, 0) is 25.0 Å². The largest absolute Gasteiger partial charge is 0.496 e. The fourth-order valence-electron chi connectivity index (χ4n) is 2.39. The molecule has 1 aromatic carbocycles. The lowest BCUT2D eigenvalue weighted by Crippen LogP contribution is -2.37. The van der Waals surface area contributed by atoms with E-state index in [-0.39, 0.29) is 24.0 Å². The molecule has 0 bridgehead atoms. The van der Waals surface area contributed by atoms with Crippen LogP contribution in [0.5, 0.6) is 5.75 Å². The Morgan fingerprint density at radius 1 is 1.33 bits per heavy atom. The first-order chi connectivity index (χ1) is 11.1. The lowest BCUT2D eigenvalue weighted by Gasteiger charge is -2.13. The van der Waals surface area contributed by atoms with Gasteiger partial charge in [0.05, 0.1) is 13.3 Å². The predicted molar refractivity (Wildman–Crippen MR) is 108 cm³/mol. The van der Waals surface area contributed by atoms with Crippen molar-refractivity contribution in [2.75, 3.05) is 20.7 Å². The number of guanidine groups is 1. The number of aliphatic imine (C=N–C) groups is 1. The number of aromatic nitrogens is 2. The van der Waals surface area contributed by atoms with Crippen molar-refractivity contribution in [3.63, 3.8) is 0 Å². The summed E-state index contributed by atoms with van der Waals surface area (Å²) in [6, 6.07) is 6.23. The number of hydrogen-bond donors (Lipinski definition) is 2. The van der Waals surface area contributed by atoms with E-state index in [2.05, 4.69) is 39.8 Å². The Labute approximate surface area is 160 Å². The first kappa shape index (κ1) is 20.3. The van der Waals surface area contributed by atoms with Crippen molar-refractivity contribution in [1.82, 2.24) is 20.4 Å². The quantitative estimate of drug-likeness (QED) is 0.409. The van der Waals surface area contributed by atoms with Crippen LogP contribution in [0.2, 0.25) is 0 Å². The van der Waals surface area contributed by atoms with E-state index in [9.17, 15) is 0 Å². The van der Waals surface area contributed by atoms with E-state index >= 15 is 0 Å². The first-order valence-corrected chi connectivity index (χ1v) is 7.68. The maximum absolute atomic E-state index is 5.41. The third-order valence-electron chi connectivity index (χ3n) is 3.56. The van der Waals surface area contributed by atoms with Crippen molar-refractivity contribution in [3.05, 3.63) is 47.3 Å². The molecule has 0 fully saturated rings. The topological polar surface area (TPSA) is 63.5 Å². The van der Waals surface area contributed by atoms with Crippen molar-refractivity contribution in [2.24, 2.45) is 12.0 Å². The van der Waals surface area contributed by atoms with E-state index in [1.165, 1.54) is 11.1 Å². The third-order valence-corrected chi connectivity index (χ3v) is 3.56. The van der Waals surface area contributed by atoms with E-state index in [4.69, 9.17) is 4.74 Å². The maximum Gasteiger partial charge on any atom is 0.191 e. The zero-order chi connectivity index (χ0) is 16.7. The molecule has 0 aliphatic rings. The van der Waals surface area contributed by atoms with E-state index < -0.39 is 0 Å². The molecule has 132 valence electrons. The molecule has 0 aliphatic heterocycles.